The van der Waals surface area contributed by atoms with Gasteiger partial charge in [0.2, 0.25) is 5.82 Å². The Kier molecular flexibility index (Phi) is 4.47. The molecule has 0 saturated heterocycles. The Morgan fingerprint density at radius 3 is 2.79 bits per heavy atom. The number of hydrogen-bond acceptors (Lipinski definition) is 3. The third-order valence-electron chi connectivity index (χ3n) is 3.98. The van der Waals surface area contributed by atoms with Crippen LogP contribution in [0.25, 0.3) is 0 Å². The van der Waals surface area contributed by atoms with Crippen LogP contribution in [-0.2, 0) is 6.54 Å². The lowest BCUT2D eigenvalue weighted by atomic mass is 9.99. The predicted octanol–water partition coefficient (Wildman–Crippen LogP) is 3.40. The molecule has 104 valence electrons. The normalized spacial score (nSPS) is 17.6. The Balaban J connectivity index is 1.99. The van der Waals surface area contributed by atoms with Crippen LogP contribution in [0, 0.1) is 21.8 Å². The molecule has 1 aliphatic rings. The van der Waals surface area contributed by atoms with Crippen molar-refractivity contribution in [2.24, 2.45) is 5.92 Å². The van der Waals surface area contributed by atoms with Gasteiger partial charge in [-0.3, -0.25) is 10.1 Å². The lowest BCUT2D eigenvalue weighted by molar-refractivity contribution is -0.387. The standard InChI is InChI=1S/C14H19FN2O2/c1-10(11-5-2-3-6-11)16-9-12-7-4-8-13(14(12)15)17(18)19/h4,7-8,10-11,16H,2-3,5-6,9H2,1H3/t10-/m0/s1. The molecule has 1 saturated carbocycles. The first-order valence-electron chi connectivity index (χ1n) is 6.74. The molecule has 0 amide bonds. The zero-order chi connectivity index (χ0) is 13.8. The van der Waals surface area contributed by atoms with Crippen LogP contribution in [-0.4, -0.2) is 11.0 Å². The van der Waals surface area contributed by atoms with Gasteiger partial charge in [0.1, 0.15) is 0 Å². The monoisotopic (exact) mass is 266 g/mol. The van der Waals surface area contributed by atoms with Crippen LogP contribution in [0.4, 0.5) is 10.1 Å². The molecule has 1 aliphatic carbocycles. The van der Waals surface area contributed by atoms with E-state index >= 15 is 0 Å². The Labute approximate surface area is 112 Å². The number of halogens is 1. The van der Waals surface area contributed by atoms with E-state index in [2.05, 4.69) is 12.2 Å². The number of nitrogens with one attached hydrogen (secondary N) is 1. The van der Waals surface area contributed by atoms with Gasteiger partial charge < -0.3 is 5.32 Å². The molecule has 0 unspecified atom stereocenters. The van der Waals surface area contributed by atoms with Crippen molar-refractivity contribution in [3.05, 3.63) is 39.7 Å². The average molecular weight is 266 g/mol. The van der Waals surface area contributed by atoms with Gasteiger partial charge in [-0.15, -0.1) is 0 Å². The molecule has 0 radical (unpaired) electrons. The fourth-order valence-electron chi connectivity index (χ4n) is 2.74. The maximum atomic E-state index is 13.9. The van der Waals surface area contributed by atoms with Gasteiger partial charge in [-0.05, 0) is 25.7 Å². The highest BCUT2D eigenvalue weighted by Gasteiger charge is 2.22. The SMILES string of the molecule is C[C@H](NCc1cccc([N+](=O)[O-])c1F)C1CCCC1. The summed E-state index contributed by atoms with van der Waals surface area (Å²) in [6, 6.07) is 4.63. The van der Waals surface area contributed by atoms with E-state index in [0.717, 1.165) is 0 Å². The number of rotatable bonds is 5. The first kappa shape index (κ1) is 13.9. The highest BCUT2D eigenvalue weighted by molar-refractivity contribution is 5.36. The molecule has 4 nitrogen and oxygen atoms in total. The largest absolute Gasteiger partial charge is 0.310 e. The predicted molar refractivity (Wildman–Crippen MR) is 71.3 cm³/mol. The minimum atomic E-state index is -0.723. The van der Waals surface area contributed by atoms with Crippen molar-refractivity contribution >= 4 is 5.69 Å². The highest BCUT2D eigenvalue weighted by atomic mass is 19.1. The van der Waals surface area contributed by atoms with E-state index in [1.54, 1.807) is 6.07 Å². The van der Waals surface area contributed by atoms with E-state index in [1.165, 1.54) is 37.8 Å². The topological polar surface area (TPSA) is 55.2 Å². The Hall–Kier alpha value is -1.49. The molecule has 0 aliphatic heterocycles. The van der Waals surface area contributed by atoms with E-state index in [1.807, 2.05) is 0 Å². The lowest BCUT2D eigenvalue weighted by Crippen LogP contribution is -2.32. The van der Waals surface area contributed by atoms with E-state index in [4.69, 9.17) is 0 Å². The van der Waals surface area contributed by atoms with Crippen LogP contribution in [0.15, 0.2) is 18.2 Å². The van der Waals surface area contributed by atoms with Gasteiger partial charge in [-0.25, -0.2) is 0 Å². The maximum Gasteiger partial charge on any atom is 0.305 e. The molecule has 1 atom stereocenters. The van der Waals surface area contributed by atoms with Crippen LogP contribution in [0.5, 0.6) is 0 Å². The summed E-state index contributed by atoms with van der Waals surface area (Å²) in [5.74, 6) is -0.0830. The quantitative estimate of drug-likeness (QED) is 0.656. The summed E-state index contributed by atoms with van der Waals surface area (Å²) in [4.78, 5) is 9.99. The molecule has 0 bridgehead atoms. The smallest absolute Gasteiger partial charge is 0.305 e. The molecular weight excluding hydrogens is 247 g/mol. The van der Waals surface area contributed by atoms with Gasteiger partial charge in [0, 0.05) is 24.2 Å². The molecule has 0 aromatic heterocycles. The lowest BCUT2D eigenvalue weighted by Gasteiger charge is -2.20. The van der Waals surface area contributed by atoms with Crippen molar-refractivity contribution in [1.82, 2.24) is 5.32 Å². The molecule has 0 spiro atoms. The van der Waals surface area contributed by atoms with E-state index in [-0.39, 0.29) is 0 Å². The van der Waals surface area contributed by atoms with E-state index in [9.17, 15) is 14.5 Å². The maximum absolute atomic E-state index is 13.9. The molecule has 1 fully saturated rings. The number of benzene rings is 1. The summed E-state index contributed by atoms with van der Waals surface area (Å²) < 4.78 is 13.9. The van der Waals surface area contributed by atoms with Crippen LogP contribution < -0.4 is 5.32 Å². The van der Waals surface area contributed by atoms with Gasteiger partial charge in [-0.1, -0.05) is 25.0 Å². The van der Waals surface area contributed by atoms with Crippen molar-refractivity contribution in [3.63, 3.8) is 0 Å². The van der Waals surface area contributed by atoms with Gasteiger partial charge in [0.05, 0.1) is 4.92 Å². The Morgan fingerprint density at radius 1 is 1.47 bits per heavy atom. The summed E-state index contributed by atoms with van der Waals surface area (Å²) in [7, 11) is 0. The molecule has 1 aromatic rings. The van der Waals surface area contributed by atoms with Crippen molar-refractivity contribution < 1.29 is 9.31 Å². The number of nitro benzene ring substituents is 1. The summed E-state index contributed by atoms with van der Waals surface area (Å²) in [6.45, 7) is 2.44. The van der Waals surface area contributed by atoms with Gasteiger partial charge in [-0.2, -0.15) is 4.39 Å². The molecular formula is C14H19FN2O2. The fraction of sp³-hybridized carbons (Fsp3) is 0.571. The summed E-state index contributed by atoms with van der Waals surface area (Å²) in [5.41, 5.74) is -0.0909. The second-order valence-corrected chi connectivity index (χ2v) is 5.22. The first-order valence-corrected chi connectivity index (χ1v) is 6.74. The van der Waals surface area contributed by atoms with Crippen LogP contribution in [0.2, 0.25) is 0 Å². The number of hydrogen-bond donors (Lipinski definition) is 1. The van der Waals surface area contributed by atoms with E-state index < -0.39 is 16.4 Å². The molecule has 1 N–H and O–H groups in total. The van der Waals surface area contributed by atoms with Crippen LogP contribution in [0.3, 0.4) is 0 Å². The summed E-state index contributed by atoms with van der Waals surface area (Å²) in [6.07, 6.45) is 4.96. The van der Waals surface area contributed by atoms with Crippen molar-refractivity contribution in [3.8, 4) is 0 Å². The zero-order valence-electron chi connectivity index (χ0n) is 11.1. The minimum Gasteiger partial charge on any atom is -0.310 e. The average Bonchev–Trinajstić information content (AvgIpc) is 2.90. The molecule has 2 rings (SSSR count). The summed E-state index contributed by atoms with van der Waals surface area (Å²) in [5, 5.41) is 14.0. The Morgan fingerprint density at radius 2 is 2.16 bits per heavy atom. The number of nitrogens with zero attached hydrogens (tertiary/aromatic N) is 1. The third kappa shape index (κ3) is 3.29. The second kappa shape index (κ2) is 6.10. The third-order valence-corrected chi connectivity index (χ3v) is 3.98. The zero-order valence-corrected chi connectivity index (χ0v) is 11.1. The van der Waals surface area contributed by atoms with Gasteiger partial charge in [0.25, 0.3) is 0 Å². The molecule has 5 heteroatoms. The van der Waals surface area contributed by atoms with Crippen molar-refractivity contribution in [2.75, 3.05) is 0 Å². The Bertz CT molecular complexity index is 459. The molecule has 1 aromatic carbocycles. The first-order chi connectivity index (χ1) is 9.09. The van der Waals surface area contributed by atoms with E-state index in [0.29, 0.717) is 24.1 Å². The minimum absolute atomic E-state index is 0.321. The van der Waals surface area contributed by atoms with Crippen LogP contribution >= 0.6 is 0 Å². The summed E-state index contributed by atoms with van der Waals surface area (Å²) >= 11 is 0. The molecule has 19 heavy (non-hydrogen) atoms. The van der Waals surface area contributed by atoms with Crippen LogP contribution in [0.1, 0.15) is 38.2 Å². The highest BCUT2D eigenvalue weighted by Crippen LogP contribution is 2.28. The molecule has 0 heterocycles. The van der Waals surface area contributed by atoms with Crippen molar-refractivity contribution in [2.45, 2.75) is 45.2 Å². The van der Waals surface area contributed by atoms with Crippen molar-refractivity contribution in [1.29, 1.82) is 0 Å². The second-order valence-electron chi connectivity index (χ2n) is 5.22. The van der Waals surface area contributed by atoms with Gasteiger partial charge in [0.15, 0.2) is 0 Å². The van der Waals surface area contributed by atoms with Gasteiger partial charge >= 0.3 is 5.69 Å². The fourth-order valence-corrected chi connectivity index (χ4v) is 2.74. The number of nitro groups is 1.